The number of fused-ring (bicyclic) bond motifs is 1. The molecule has 0 radical (unpaired) electrons. The predicted octanol–water partition coefficient (Wildman–Crippen LogP) is 7.70. The smallest absolute Gasteiger partial charge is 0.365 e. The second kappa shape index (κ2) is 12.4. The number of nitrogens with zero attached hydrogens (tertiary/aromatic N) is 1. The third-order valence-corrected chi connectivity index (χ3v) is 8.82. The molecular weight excluding hydrogens is 608 g/mol. The van der Waals surface area contributed by atoms with E-state index in [1.54, 1.807) is 25.1 Å². The minimum Gasteiger partial charge on any atom is -0.365 e. The highest BCUT2D eigenvalue weighted by Crippen LogP contribution is 2.47. The number of halogens is 8. The van der Waals surface area contributed by atoms with Crippen molar-refractivity contribution >= 4 is 34.2 Å². The van der Waals surface area contributed by atoms with Gasteiger partial charge in [0.05, 0.1) is 28.4 Å². The quantitative estimate of drug-likeness (QED) is 0.199. The summed E-state index contributed by atoms with van der Waals surface area (Å²) in [5, 5.41) is 2.52. The first kappa shape index (κ1) is 32.7. The van der Waals surface area contributed by atoms with Crippen molar-refractivity contribution in [3.63, 3.8) is 0 Å². The number of aryl methyl sites for hydroxylation is 1. The van der Waals surface area contributed by atoms with E-state index in [9.17, 15) is 44.7 Å². The Morgan fingerprint density at radius 3 is 2.35 bits per heavy atom. The van der Waals surface area contributed by atoms with Crippen molar-refractivity contribution < 1.29 is 44.7 Å². The van der Waals surface area contributed by atoms with Gasteiger partial charge in [-0.3, -0.25) is 9.59 Å². The Bertz CT molecular complexity index is 1450. The average Bonchev–Trinajstić information content (AvgIpc) is 3.51. The van der Waals surface area contributed by atoms with E-state index < -0.39 is 80.1 Å². The van der Waals surface area contributed by atoms with Gasteiger partial charge in [0.15, 0.2) is 0 Å². The highest BCUT2D eigenvalue weighted by Gasteiger charge is 2.41. The van der Waals surface area contributed by atoms with Gasteiger partial charge >= 0.3 is 12.4 Å². The van der Waals surface area contributed by atoms with Crippen LogP contribution in [0.15, 0.2) is 24.3 Å². The van der Waals surface area contributed by atoms with E-state index in [1.807, 2.05) is 0 Å². The van der Waals surface area contributed by atoms with Crippen LogP contribution in [-0.4, -0.2) is 40.1 Å². The number of primary amides is 1. The van der Waals surface area contributed by atoms with E-state index in [0.29, 0.717) is 28.0 Å². The average molecular weight is 639 g/mol. The number of nitrogens with two attached hydrogens (primary N) is 1. The number of nitrogens with one attached hydrogen (secondary N) is 2. The number of aromatic amines is 1. The van der Waals surface area contributed by atoms with E-state index in [1.165, 1.54) is 6.07 Å². The second-order valence-corrected chi connectivity index (χ2v) is 12.1. The molecule has 6 nitrogen and oxygen atoms in total. The molecule has 1 aliphatic carbocycles. The Labute approximate surface area is 245 Å². The molecule has 1 aromatic carbocycles. The zero-order chi connectivity index (χ0) is 31.7. The molecule has 0 saturated heterocycles. The number of hydrogen-bond donors (Lipinski definition) is 3. The van der Waals surface area contributed by atoms with Crippen LogP contribution in [-0.2, 0) is 11.2 Å². The lowest BCUT2D eigenvalue weighted by Gasteiger charge is -2.33. The lowest BCUT2D eigenvalue weighted by atomic mass is 9.75. The van der Waals surface area contributed by atoms with Crippen molar-refractivity contribution in [2.45, 2.75) is 88.5 Å². The van der Waals surface area contributed by atoms with E-state index >= 15 is 0 Å². The number of rotatable bonds is 10. The summed E-state index contributed by atoms with van der Waals surface area (Å²) in [4.78, 5) is 32.5. The topological polar surface area (TPSA) is 101 Å². The third kappa shape index (κ3) is 8.67. The van der Waals surface area contributed by atoms with Crippen LogP contribution in [0.1, 0.15) is 95.3 Å². The third-order valence-electron chi connectivity index (χ3n) is 7.59. The van der Waals surface area contributed by atoms with Crippen LogP contribution in [0.5, 0.6) is 0 Å². The van der Waals surface area contributed by atoms with Crippen molar-refractivity contribution in [3.8, 4) is 0 Å². The van der Waals surface area contributed by atoms with Crippen molar-refractivity contribution in [1.82, 2.24) is 15.3 Å². The fourth-order valence-electron chi connectivity index (χ4n) is 5.41. The second-order valence-electron chi connectivity index (χ2n) is 11.0. The summed E-state index contributed by atoms with van der Waals surface area (Å²) < 4.78 is 104. The van der Waals surface area contributed by atoms with Crippen LogP contribution < -0.4 is 11.1 Å². The Kier molecular flexibility index (Phi) is 9.43. The molecule has 0 spiro atoms. The van der Waals surface area contributed by atoms with Crippen LogP contribution in [0.25, 0.3) is 11.0 Å². The molecule has 1 saturated carbocycles. The van der Waals surface area contributed by atoms with Crippen LogP contribution in [0.4, 0.5) is 35.1 Å². The van der Waals surface area contributed by atoms with Crippen molar-refractivity contribution in [2.24, 2.45) is 11.7 Å². The minimum atomic E-state index is -4.47. The summed E-state index contributed by atoms with van der Waals surface area (Å²) in [6.07, 6.45) is -13.0. The number of hydrogen-bond acceptors (Lipinski definition) is 4. The molecule has 1 aliphatic rings. The Morgan fingerprint density at radius 1 is 1.09 bits per heavy atom. The summed E-state index contributed by atoms with van der Waals surface area (Å²) >= 11 is 0.844. The van der Waals surface area contributed by atoms with E-state index in [4.69, 9.17) is 5.73 Å². The van der Waals surface area contributed by atoms with Crippen LogP contribution >= 0.6 is 11.3 Å². The van der Waals surface area contributed by atoms with Crippen LogP contribution in [0.2, 0.25) is 0 Å². The summed E-state index contributed by atoms with van der Waals surface area (Å²) in [7, 11) is 0. The molecule has 0 unspecified atom stereocenters. The molecule has 0 bridgehead atoms. The first-order valence-corrected chi connectivity index (χ1v) is 14.4. The molecule has 1 fully saturated rings. The zero-order valence-corrected chi connectivity index (χ0v) is 23.8. The SMILES string of the molecule is C[C@@H](NC(=O)CCC(F)(F)F)c1ccc2nc([C@H](c3cc(CCC(F)(F)F)sc3C(N)=O)C3CCC(F)(F)CC3)[nH]c2c1. The number of imidazole rings is 1. The largest absolute Gasteiger partial charge is 0.389 e. The van der Waals surface area contributed by atoms with E-state index in [0.717, 1.165) is 11.3 Å². The molecular formula is C28H30F8N4O2S. The molecule has 4 N–H and O–H groups in total. The standard InChI is InChI=1S/C28H30F8N4O2S/c1-14(38-21(41)7-11-28(34,35)36)16-2-3-19-20(12-16)40-25(39-19)22(15-4-8-26(29,30)9-5-15)18-13-17(6-10-27(31,32)33)43-23(18)24(37)42/h2-3,12-15,22H,4-11H2,1H3,(H2,37,42)(H,38,41)(H,39,40)/t14-,22+/m1/s1. The molecule has 3 aromatic rings. The highest BCUT2D eigenvalue weighted by molar-refractivity contribution is 7.14. The van der Waals surface area contributed by atoms with Crippen LogP contribution in [0, 0.1) is 5.92 Å². The normalized spacial score (nSPS) is 17.6. The first-order valence-electron chi connectivity index (χ1n) is 13.6. The Morgan fingerprint density at radius 2 is 1.74 bits per heavy atom. The van der Waals surface area contributed by atoms with Crippen LogP contribution in [0.3, 0.4) is 0 Å². The van der Waals surface area contributed by atoms with Crippen molar-refractivity contribution in [2.75, 3.05) is 0 Å². The van der Waals surface area contributed by atoms with Gasteiger partial charge in [0.2, 0.25) is 11.8 Å². The van der Waals surface area contributed by atoms with Crippen molar-refractivity contribution in [3.05, 3.63) is 51.0 Å². The zero-order valence-electron chi connectivity index (χ0n) is 23.0. The first-order chi connectivity index (χ1) is 19.9. The number of amides is 2. The molecule has 0 aliphatic heterocycles. The Hall–Kier alpha value is -3.23. The fraction of sp³-hybridized carbons (Fsp3) is 0.536. The fourth-order valence-corrected chi connectivity index (χ4v) is 6.46. The van der Waals surface area contributed by atoms with Gasteiger partial charge in [0.1, 0.15) is 5.82 Å². The summed E-state index contributed by atoms with van der Waals surface area (Å²) in [6, 6.07) is 5.72. The number of H-pyrrole nitrogens is 1. The maximum Gasteiger partial charge on any atom is 0.389 e. The summed E-state index contributed by atoms with van der Waals surface area (Å²) in [5.74, 6) is -5.34. The van der Waals surface area contributed by atoms with Gasteiger partial charge in [-0.25, -0.2) is 13.8 Å². The maximum absolute atomic E-state index is 14.1. The molecule has 2 heterocycles. The molecule has 236 valence electrons. The van der Waals surface area contributed by atoms with Gasteiger partial charge in [0.25, 0.3) is 5.91 Å². The molecule has 43 heavy (non-hydrogen) atoms. The summed E-state index contributed by atoms with van der Waals surface area (Å²) in [5.41, 5.74) is 7.42. The van der Waals surface area contributed by atoms with Crippen molar-refractivity contribution in [1.29, 1.82) is 0 Å². The number of carbonyl (C=O) groups is 2. The molecule has 2 atom stereocenters. The molecule has 2 aromatic heterocycles. The van der Waals surface area contributed by atoms with Gasteiger partial charge in [0, 0.05) is 36.5 Å². The number of benzene rings is 1. The van der Waals surface area contributed by atoms with Gasteiger partial charge < -0.3 is 16.0 Å². The minimum absolute atomic E-state index is 0.0378. The maximum atomic E-state index is 14.1. The van der Waals surface area contributed by atoms with Gasteiger partial charge in [-0.2, -0.15) is 26.3 Å². The van der Waals surface area contributed by atoms with Gasteiger partial charge in [-0.05, 0) is 61.4 Å². The summed E-state index contributed by atoms with van der Waals surface area (Å²) in [6.45, 7) is 1.60. The number of alkyl halides is 8. The molecule has 4 rings (SSSR count). The lowest BCUT2D eigenvalue weighted by molar-refractivity contribution is -0.144. The lowest BCUT2D eigenvalue weighted by Crippen LogP contribution is -2.29. The highest BCUT2D eigenvalue weighted by atomic mass is 32.1. The number of carbonyl (C=O) groups excluding carboxylic acids is 2. The molecule has 15 heteroatoms. The molecule has 2 amide bonds. The monoisotopic (exact) mass is 638 g/mol. The predicted molar refractivity (Wildman–Crippen MR) is 144 cm³/mol. The van der Waals surface area contributed by atoms with E-state index in [-0.39, 0.29) is 29.0 Å². The number of aromatic nitrogens is 2. The van der Waals surface area contributed by atoms with E-state index in [2.05, 4.69) is 15.3 Å². The Balaban J connectivity index is 1.67. The van der Waals surface area contributed by atoms with Gasteiger partial charge in [-0.15, -0.1) is 11.3 Å². The van der Waals surface area contributed by atoms with Gasteiger partial charge in [-0.1, -0.05) is 6.07 Å². The number of thiophene rings is 1.